The van der Waals surface area contributed by atoms with Crippen LogP contribution in [-0.2, 0) is 6.54 Å². The Morgan fingerprint density at radius 1 is 1.13 bits per heavy atom. The van der Waals surface area contributed by atoms with Gasteiger partial charge in [0.1, 0.15) is 5.01 Å². The molecule has 1 aromatic heterocycles. The normalized spacial score (nSPS) is 19.3. The van der Waals surface area contributed by atoms with E-state index in [4.69, 9.17) is 5.11 Å². The second-order valence-corrected chi connectivity index (χ2v) is 6.82. The first kappa shape index (κ1) is 16.6. The number of nitrogens with zero attached hydrogens (tertiary/aromatic N) is 3. The molecule has 1 unspecified atom stereocenters. The van der Waals surface area contributed by atoms with Crippen LogP contribution in [0.4, 0.5) is 13.2 Å². The highest BCUT2D eigenvalue weighted by Gasteiger charge is 2.39. The number of hydrogen-bond donors (Lipinski definition) is 1. The molecule has 2 aromatic rings. The van der Waals surface area contributed by atoms with Crippen molar-refractivity contribution < 1.29 is 18.3 Å². The number of alkyl halides is 3. The number of rotatable bonds is 4. The van der Waals surface area contributed by atoms with Crippen LogP contribution in [0.2, 0.25) is 0 Å². The van der Waals surface area contributed by atoms with Crippen molar-refractivity contribution in [2.75, 3.05) is 32.7 Å². The summed E-state index contributed by atoms with van der Waals surface area (Å²) in [5.74, 6) is 0. The summed E-state index contributed by atoms with van der Waals surface area (Å²) in [6.07, 6.45) is -6.81. The van der Waals surface area contributed by atoms with Crippen molar-refractivity contribution in [3.63, 3.8) is 0 Å². The minimum atomic E-state index is -4.54. The van der Waals surface area contributed by atoms with Crippen LogP contribution < -0.4 is 0 Å². The Morgan fingerprint density at radius 3 is 2.43 bits per heavy atom. The van der Waals surface area contributed by atoms with Gasteiger partial charge < -0.3 is 5.11 Å². The Hall–Kier alpha value is -1.22. The first-order chi connectivity index (χ1) is 10.9. The molecule has 2 heterocycles. The number of aliphatic hydroxyl groups excluding tert-OH is 1. The Balaban J connectivity index is 1.51. The molecule has 0 saturated carbocycles. The first-order valence-corrected chi connectivity index (χ1v) is 8.27. The average Bonchev–Trinajstić information content (AvgIpc) is 2.90. The average molecular weight is 345 g/mol. The summed E-state index contributed by atoms with van der Waals surface area (Å²) >= 11 is 1.65. The van der Waals surface area contributed by atoms with Gasteiger partial charge >= 0.3 is 6.18 Å². The molecule has 4 nitrogen and oxygen atoms in total. The van der Waals surface area contributed by atoms with E-state index in [0.717, 1.165) is 21.8 Å². The summed E-state index contributed by atoms with van der Waals surface area (Å²) in [7, 11) is 0. The van der Waals surface area contributed by atoms with Crippen LogP contribution in [-0.4, -0.2) is 64.9 Å². The van der Waals surface area contributed by atoms with E-state index in [0.29, 0.717) is 26.2 Å². The molecule has 0 spiro atoms. The maximum atomic E-state index is 12.4. The van der Waals surface area contributed by atoms with Crippen LogP contribution in [0.3, 0.4) is 0 Å². The van der Waals surface area contributed by atoms with E-state index in [1.54, 1.807) is 16.2 Å². The monoisotopic (exact) mass is 345 g/mol. The third-order valence-corrected chi connectivity index (χ3v) is 4.99. The van der Waals surface area contributed by atoms with Gasteiger partial charge in [-0.25, -0.2) is 4.98 Å². The molecular weight excluding hydrogens is 327 g/mol. The molecule has 0 bridgehead atoms. The zero-order chi connectivity index (χ0) is 16.4. The van der Waals surface area contributed by atoms with Crippen LogP contribution in [0.5, 0.6) is 0 Å². The SMILES string of the molecule is OC(CN1CCN(Cc2nc3ccccc3s2)CC1)C(F)(F)F. The van der Waals surface area contributed by atoms with E-state index in [2.05, 4.69) is 9.88 Å². The molecule has 1 saturated heterocycles. The van der Waals surface area contributed by atoms with E-state index in [1.165, 1.54) is 0 Å². The smallest absolute Gasteiger partial charge is 0.382 e. The highest BCUT2D eigenvalue weighted by molar-refractivity contribution is 7.18. The number of β-amino-alcohol motifs (C(OH)–C–C–N with tert-alkyl or cyclic N) is 1. The number of para-hydroxylation sites is 1. The lowest BCUT2D eigenvalue weighted by Crippen LogP contribution is -2.50. The van der Waals surface area contributed by atoms with E-state index < -0.39 is 12.3 Å². The molecule has 8 heteroatoms. The first-order valence-electron chi connectivity index (χ1n) is 7.46. The van der Waals surface area contributed by atoms with Crippen molar-refractivity contribution in [1.29, 1.82) is 0 Å². The van der Waals surface area contributed by atoms with Crippen LogP contribution in [0.15, 0.2) is 24.3 Å². The zero-order valence-corrected chi connectivity index (χ0v) is 13.3. The predicted molar refractivity (Wildman–Crippen MR) is 83.4 cm³/mol. The second-order valence-electron chi connectivity index (χ2n) is 5.71. The minimum Gasteiger partial charge on any atom is -0.382 e. The third kappa shape index (κ3) is 4.20. The largest absolute Gasteiger partial charge is 0.415 e. The van der Waals surface area contributed by atoms with Gasteiger partial charge in [-0.15, -0.1) is 11.3 Å². The summed E-state index contributed by atoms with van der Waals surface area (Å²) < 4.78 is 38.3. The van der Waals surface area contributed by atoms with Crippen LogP contribution in [0.25, 0.3) is 10.2 Å². The van der Waals surface area contributed by atoms with Crippen molar-refractivity contribution in [2.24, 2.45) is 0 Å². The highest BCUT2D eigenvalue weighted by atomic mass is 32.1. The minimum absolute atomic E-state index is 0.349. The Labute approximate surface area is 136 Å². The summed E-state index contributed by atoms with van der Waals surface area (Å²) in [5.41, 5.74) is 0.986. The zero-order valence-electron chi connectivity index (χ0n) is 12.5. The van der Waals surface area contributed by atoms with Gasteiger partial charge in [0.25, 0.3) is 0 Å². The molecule has 1 fully saturated rings. The van der Waals surface area contributed by atoms with Crippen molar-refractivity contribution >= 4 is 21.6 Å². The third-order valence-electron chi connectivity index (χ3n) is 3.97. The molecule has 1 atom stereocenters. The van der Waals surface area contributed by atoms with E-state index in [1.807, 2.05) is 24.3 Å². The number of halogens is 3. The number of hydrogen-bond acceptors (Lipinski definition) is 5. The number of aliphatic hydroxyl groups is 1. The van der Waals surface area contributed by atoms with Crippen LogP contribution in [0.1, 0.15) is 5.01 Å². The quantitative estimate of drug-likeness (QED) is 0.923. The van der Waals surface area contributed by atoms with Gasteiger partial charge in [-0.05, 0) is 12.1 Å². The number of fused-ring (bicyclic) bond motifs is 1. The molecule has 0 radical (unpaired) electrons. The fraction of sp³-hybridized carbons (Fsp3) is 0.533. The lowest BCUT2D eigenvalue weighted by atomic mass is 10.2. The van der Waals surface area contributed by atoms with Crippen molar-refractivity contribution in [3.8, 4) is 0 Å². The topological polar surface area (TPSA) is 39.6 Å². The lowest BCUT2D eigenvalue weighted by molar-refractivity contribution is -0.209. The van der Waals surface area contributed by atoms with Crippen LogP contribution in [0, 0.1) is 0 Å². The summed E-state index contributed by atoms with van der Waals surface area (Å²) in [6, 6.07) is 7.95. The van der Waals surface area contributed by atoms with Gasteiger partial charge in [0.05, 0.1) is 16.8 Å². The number of thiazole rings is 1. The van der Waals surface area contributed by atoms with E-state index >= 15 is 0 Å². The van der Waals surface area contributed by atoms with Crippen LogP contribution >= 0.6 is 11.3 Å². The summed E-state index contributed by atoms with van der Waals surface area (Å²) in [4.78, 5) is 8.43. The van der Waals surface area contributed by atoms with Gasteiger partial charge in [-0.1, -0.05) is 12.1 Å². The summed E-state index contributed by atoms with van der Waals surface area (Å²) in [6.45, 7) is 2.78. The fourth-order valence-electron chi connectivity index (χ4n) is 2.66. The fourth-order valence-corrected chi connectivity index (χ4v) is 3.67. The van der Waals surface area contributed by atoms with E-state index in [9.17, 15) is 13.2 Å². The molecule has 0 amide bonds. The number of aromatic nitrogens is 1. The maximum absolute atomic E-state index is 12.4. The molecule has 126 valence electrons. The van der Waals surface area contributed by atoms with E-state index in [-0.39, 0.29) is 6.54 Å². The van der Waals surface area contributed by atoms with Crippen molar-refractivity contribution in [2.45, 2.75) is 18.8 Å². The molecule has 23 heavy (non-hydrogen) atoms. The standard InChI is InChI=1S/C15H18F3N3OS/c16-15(17,18)13(22)9-20-5-7-21(8-6-20)10-14-19-11-3-1-2-4-12(11)23-14/h1-4,13,22H,5-10H2. The molecule has 1 N–H and O–H groups in total. The molecule has 1 aliphatic heterocycles. The Kier molecular flexibility index (Phi) is 4.86. The number of benzene rings is 1. The summed E-state index contributed by atoms with van der Waals surface area (Å²) in [5, 5.41) is 10.2. The number of piperazine rings is 1. The molecule has 3 rings (SSSR count). The van der Waals surface area contributed by atoms with Gasteiger partial charge in [0.2, 0.25) is 0 Å². The molecule has 1 aliphatic rings. The van der Waals surface area contributed by atoms with Gasteiger partial charge in [0.15, 0.2) is 6.10 Å². The van der Waals surface area contributed by atoms with Gasteiger partial charge in [-0.3, -0.25) is 9.80 Å². The van der Waals surface area contributed by atoms with Gasteiger partial charge in [-0.2, -0.15) is 13.2 Å². The molecule has 0 aliphatic carbocycles. The lowest BCUT2D eigenvalue weighted by Gasteiger charge is -2.35. The van der Waals surface area contributed by atoms with Gasteiger partial charge in [0, 0.05) is 32.7 Å². The maximum Gasteiger partial charge on any atom is 0.415 e. The Morgan fingerprint density at radius 2 is 1.78 bits per heavy atom. The Bertz CT molecular complexity index is 620. The molecular formula is C15H18F3N3OS. The predicted octanol–water partition coefficient (Wildman–Crippen LogP) is 2.34. The van der Waals surface area contributed by atoms with Crippen molar-refractivity contribution in [1.82, 2.24) is 14.8 Å². The second kappa shape index (κ2) is 6.72. The van der Waals surface area contributed by atoms with Crippen molar-refractivity contribution in [3.05, 3.63) is 29.3 Å². The molecule has 1 aromatic carbocycles. The highest BCUT2D eigenvalue weighted by Crippen LogP contribution is 2.24.